The molecule has 0 radical (unpaired) electrons. The van der Waals surface area contributed by atoms with Crippen LogP contribution >= 0.6 is 0 Å². The molecule has 0 N–H and O–H groups in total. The number of methoxy groups -OCH3 is 1. The van der Waals surface area contributed by atoms with E-state index in [0.717, 1.165) is 11.4 Å². The first kappa shape index (κ1) is 7.69. The molecule has 2 heterocycles. The number of aromatic nitrogens is 2. The second kappa shape index (κ2) is 2.83. The van der Waals surface area contributed by atoms with Crippen molar-refractivity contribution in [2.24, 2.45) is 0 Å². The highest BCUT2D eigenvalue weighted by Crippen LogP contribution is 2.17. The van der Waals surface area contributed by atoms with Crippen molar-refractivity contribution >= 4 is 5.65 Å². The third-order valence-corrected chi connectivity index (χ3v) is 1.81. The standard InChI is InChI=1S/C10H8N2O/c1-3-8-7-12-6-4-5-9(13-2)10(12)11-8/h1,4-7H,2H3. The Bertz CT molecular complexity index is 479. The Morgan fingerprint density at radius 1 is 1.62 bits per heavy atom. The highest BCUT2D eigenvalue weighted by atomic mass is 16.5. The van der Waals surface area contributed by atoms with E-state index < -0.39 is 0 Å². The van der Waals surface area contributed by atoms with Crippen LogP contribution in [0.15, 0.2) is 24.5 Å². The number of hydrogen-bond donors (Lipinski definition) is 0. The lowest BCUT2D eigenvalue weighted by Gasteiger charge is -1.99. The minimum atomic E-state index is 0.615. The van der Waals surface area contributed by atoms with E-state index in [2.05, 4.69) is 10.9 Å². The average Bonchev–Trinajstić information content (AvgIpc) is 2.59. The molecule has 0 amide bonds. The van der Waals surface area contributed by atoms with Crippen LogP contribution in [0.3, 0.4) is 0 Å². The van der Waals surface area contributed by atoms with Gasteiger partial charge in [0.1, 0.15) is 5.69 Å². The normalized spacial score (nSPS) is 9.85. The first-order valence-corrected chi connectivity index (χ1v) is 3.83. The number of rotatable bonds is 1. The van der Waals surface area contributed by atoms with Crippen molar-refractivity contribution in [3.8, 4) is 18.1 Å². The van der Waals surface area contributed by atoms with Gasteiger partial charge in [0, 0.05) is 12.4 Å². The molecule has 2 aromatic heterocycles. The Morgan fingerprint density at radius 2 is 2.46 bits per heavy atom. The van der Waals surface area contributed by atoms with Crippen molar-refractivity contribution in [2.75, 3.05) is 7.11 Å². The van der Waals surface area contributed by atoms with E-state index in [1.165, 1.54) is 0 Å². The van der Waals surface area contributed by atoms with Crippen molar-refractivity contribution in [3.05, 3.63) is 30.2 Å². The molecule has 3 nitrogen and oxygen atoms in total. The monoisotopic (exact) mass is 172 g/mol. The molecule has 2 aromatic rings. The fourth-order valence-corrected chi connectivity index (χ4v) is 1.22. The highest BCUT2D eigenvalue weighted by Gasteiger charge is 2.03. The van der Waals surface area contributed by atoms with Gasteiger partial charge in [-0.05, 0) is 18.1 Å². The smallest absolute Gasteiger partial charge is 0.180 e. The van der Waals surface area contributed by atoms with Crippen molar-refractivity contribution < 1.29 is 4.74 Å². The van der Waals surface area contributed by atoms with Crippen molar-refractivity contribution in [2.45, 2.75) is 0 Å². The third kappa shape index (κ3) is 1.13. The summed E-state index contributed by atoms with van der Waals surface area (Å²) in [5.74, 6) is 3.21. The molecule has 0 fully saturated rings. The van der Waals surface area contributed by atoms with Crippen molar-refractivity contribution in [1.82, 2.24) is 9.38 Å². The number of ether oxygens (including phenoxy) is 1. The summed E-state index contributed by atoms with van der Waals surface area (Å²) < 4.78 is 6.97. The molecule has 0 aromatic carbocycles. The number of terminal acetylenes is 1. The molecule has 0 aliphatic carbocycles. The van der Waals surface area contributed by atoms with Crippen molar-refractivity contribution in [1.29, 1.82) is 0 Å². The van der Waals surface area contributed by atoms with E-state index >= 15 is 0 Å². The first-order valence-electron chi connectivity index (χ1n) is 3.83. The lowest BCUT2D eigenvalue weighted by atomic mass is 10.4. The van der Waals surface area contributed by atoms with Gasteiger partial charge < -0.3 is 9.14 Å². The minimum Gasteiger partial charge on any atom is -0.493 e. The van der Waals surface area contributed by atoms with Crippen LogP contribution in [-0.2, 0) is 0 Å². The van der Waals surface area contributed by atoms with Crippen LogP contribution in [0.2, 0.25) is 0 Å². The lowest BCUT2D eigenvalue weighted by molar-refractivity contribution is 0.417. The molecule has 0 atom stereocenters. The third-order valence-electron chi connectivity index (χ3n) is 1.81. The summed E-state index contributed by atoms with van der Waals surface area (Å²) in [4.78, 5) is 4.20. The van der Waals surface area contributed by atoms with Crippen LogP contribution in [-0.4, -0.2) is 16.5 Å². The summed E-state index contributed by atoms with van der Waals surface area (Å²) in [6, 6.07) is 3.73. The summed E-state index contributed by atoms with van der Waals surface area (Å²) in [6.07, 6.45) is 8.91. The van der Waals surface area contributed by atoms with Gasteiger partial charge in [-0.15, -0.1) is 6.42 Å². The lowest BCUT2D eigenvalue weighted by Crippen LogP contribution is -1.88. The Labute approximate surface area is 76.0 Å². The predicted octanol–water partition coefficient (Wildman–Crippen LogP) is 1.32. The van der Waals surface area contributed by atoms with Crippen LogP contribution < -0.4 is 4.74 Å². The second-order valence-corrected chi connectivity index (χ2v) is 2.58. The maximum Gasteiger partial charge on any atom is 0.180 e. The zero-order valence-electron chi connectivity index (χ0n) is 7.19. The molecular formula is C10H8N2O. The van der Waals surface area contributed by atoms with E-state index in [9.17, 15) is 0 Å². The highest BCUT2D eigenvalue weighted by molar-refractivity contribution is 5.55. The zero-order chi connectivity index (χ0) is 9.26. The van der Waals surface area contributed by atoms with Crippen molar-refractivity contribution in [3.63, 3.8) is 0 Å². The molecule has 0 saturated carbocycles. The molecule has 64 valence electrons. The summed E-state index contributed by atoms with van der Waals surface area (Å²) in [5.41, 5.74) is 1.36. The summed E-state index contributed by atoms with van der Waals surface area (Å²) in [7, 11) is 1.61. The van der Waals surface area contributed by atoms with Gasteiger partial charge in [0.15, 0.2) is 11.4 Å². The second-order valence-electron chi connectivity index (χ2n) is 2.58. The predicted molar refractivity (Wildman–Crippen MR) is 49.7 cm³/mol. The zero-order valence-corrected chi connectivity index (χ0v) is 7.19. The van der Waals surface area contributed by atoms with Crippen LogP contribution in [0.25, 0.3) is 5.65 Å². The summed E-state index contributed by atoms with van der Waals surface area (Å²) in [6.45, 7) is 0. The first-order chi connectivity index (χ1) is 6.35. The Kier molecular flexibility index (Phi) is 1.67. The molecule has 0 unspecified atom stereocenters. The van der Waals surface area contributed by atoms with Crippen LogP contribution in [0.1, 0.15) is 5.69 Å². The number of hydrogen-bond acceptors (Lipinski definition) is 2. The Morgan fingerprint density at radius 3 is 3.15 bits per heavy atom. The van der Waals surface area contributed by atoms with Gasteiger partial charge in [0.25, 0.3) is 0 Å². The Balaban J connectivity index is 2.76. The molecule has 2 rings (SSSR count). The van der Waals surface area contributed by atoms with Gasteiger partial charge in [-0.1, -0.05) is 0 Å². The molecule has 0 aliphatic rings. The molecule has 0 spiro atoms. The fourth-order valence-electron chi connectivity index (χ4n) is 1.22. The number of imidazole rings is 1. The topological polar surface area (TPSA) is 26.5 Å². The average molecular weight is 172 g/mol. The quantitative estimate of drug-likeness (QED) is 0.606. The number of nitrogens with zero attached hydrogens (tertiary/aromatic N) is 2. The van der Waals surface area contributed by atoms with Gasteiger partial charge in [-0.25, -0.2) is 4.98 Å². The van der Waals surface area contributed by atoms with Gasteiger partial charge in [-0.3, -0.25) is 0 Å². The van der Waals surface area contributed by atoms with Gasteiger partial charge in [0.05, 0.1) is 7.11 Å². The maximum atomic E-state index is 5.24. The summed E-state index contributed by atoms with van der Waals surface area (Å²) in [5, 5.41) is 0. The molecule has 0 aliphatic heterocycles. The van der Waals surface area contributed by atoms with Gasteiger partial charge >= 0.3 is 0 Å². The Hall–Kier alpha value is -1.95. The molecule has 3 heteroatoms. The van der Waals surface area contributed by atoms with Gasteiger partial charge in [0.2, 0.25) is 0 Å². The number of pyridine rings is 1. The SMILES string of the molecule is C#Cc1cn2cccc(OC)c2n1. The number of fused-ring (bicyclic) bond motifs is 1. The molecule has 13 heavy (non-hydrogen) atoms. The summed E-state index contributed by atoms with van der Waals surface area (Å²) >= 11 is 0. The largest absolute Gasteiger partial charge is 0.493 e. The van der Waals surface area contributed by atoms with Crippen LogP contribution in [0, 0.1) is 12.3 Å². The van der Waals surface area contributed by atoms with E-state index in [0.29, 0.717) is 5.69 Å². The van der Waals surface area contributed by atoms with E-state index in [-0.39, 0.29) is 0 Å². The molecule has 0 bridgehead atoms. The van der Waals surface area contributed by atoms with E-state index in [1.54, 1.807) is 13.3 Å². The minimum absolute atomic E-state index is 0.615. The maximum absolute atomic E-state index is 5.24. The van der Waals surface area contributed by atoms with Crippen LogP contribution in [0.4, 0.5) is 0 Å². The fraction of sp³-hybridized carbons (Fsp3) is 0.100. The van der Waals surface area contributed by atoms with Crippen LogP contribution in [0.5, 0.6) is 5.75 Å². The van der Waals surface area contributed by atoms with E-state index in [1.807, 2.05) is 22.7 Å². The molecule has 0 saturated heterocycles. The van der Waals surface area contributed by atoms with E-state index in [4.69, 9.17) is 11.2 Å². The van der Waals surface area contributed by atoms with Gasteiger partial charge in [-0.2, -0.15) is 0 Å². The molecular weight excluding hydrogens is 164 g/mol.